The number of phenols is 5. The Kier molecular flexibility index (Phi) is 8.97. The maximum absolute atomic E-state index is 13.6. The predicted octanol–water partition coefficient (Wildman–Crippen LogP) is -3.01. The normalized spacial score (nSPS) is 32.1. The van der Waals surface area contributed by atoms with E-state index in [2.05, 4.69) is 0 Å². The third-order valence-corrected chi connectivity index (χ3v) is 7.44. The molecule has 3 aromatic rings. The van der Waals surface area contributed by atoms with Crippen LogP contribution in [0.1, 0.15) is 0 Å². The van der Waals surface area contributed by atoms with Gasteiger partial charge in [-0.15, -0.1) is 0 Å². The highest BCUT2D eigenvalue weighted by atomic mass is 16.7. The topological polar surface area (TPSA) is 310 Å². The molecule has 45 heavy (non-hydrogen) atoms. The van der Waals surface area contributed by atoms with Crippen LogP contribution in [0.2, 0.25) is 0 Å². The Morgan fingerprint density at radius 2 is 1.29 bits per heavy atom. The molecule has 5 rings (SSSR count). The summed E-state index contributed by atoms with van der Waals surface area (Å²) < 4.78 is 27.6. The average Bonchev–Trinajstić information content (AvgIpc) is 2.99. The molecular formula is C27H30O18. The Morgan fingerprint density at radius 1 is 0.689 bits per heavy atom. The van der Waals surface area contributed by atoms with Crippen LogP contribution >= 0.6 is 0 Å². The van der Waals surface area contributed by atoms with Gasteiger partial charge in [0, 0.05) is 17.7 Å². The summed E-state index contributed by atoms with van der Waals surface area (Å²) in [5, 5.41) is 121. The van der Waals surface area contributed by atoms with Crippen LogP contribution in [0, 0.1) is 0 Å². The van der Waals surface area contributed by atoms with Gasteiger partial charge in [0.25, 0.3) is 0 Å². The van der Waals surface area contributed by atoms with Crippen molar-refractivity contribution in [2.75, 3.05) is 13.2 Å². The van der Waals surface area contributed by atoms with Crippen LogP contribution in [0.5, 0.6) is 34.5 Å². The molecule has 2 fully saturated rings. The number of fused-ring (bicyclic) bond motifs is 1. The Bertz CT molecular complexity index is 1580. The van der Waals surface area contributed by atoms with E-state index in [-0.39, 0.29) is 5.56 Å². The van der Waals surface area contributed by atoms with Crippen molar-refractivity contribution in [1.29, 1.82) is 0 Å². The molecule has 10 atom stereocenters. The SMILES string of the molecule is O=c1c(O[C@@H]2O[C@H](CO)[C@@H](O[C@@H]3O[C@H](CO)[C@H](O)[C@H](O)[C@H]3O)[C@H](O)[C@H]2O)c(-c2cc(O)c(O)c(O)c2)oc2cc(O)cc(O)c12. The summed E-state index contributed by atoms with van der Waals surface area (Å²) in [7, 11) is 0. The minimum atomic E-state index is -2.10. The van der Waals surface area contributed by atoms with Gasteiger partial charge in [-0.25, -0.2) is 0 Å². The first-order chi connectivity index (χ1) is 21.3. The number of phenolic OH excluding ortho intramolecular Hbond substituents is 5. The van der Waals surface area contributed by atoms with Crippen molar-refractivity contribution in [2.45, 2.75) is 61.4 Å². The van der Waals surface area contributed by atoms with Gasteiger partial charge in [0.15, 0.2) is 29.3 Å². The lowest BCUT2D eigenvalue weighted by atomic mass is 9.97. The first-order valence-corrected chi connectivity index (χ1v) is 13.3. The van der Waals surface area contributed by atoms with E-state index in [1.165, 1.54) is 0 Å². The third kappa shape index (κ3) is 5.79. The fourth-order valence-corrected chi connectivity index (χ4v) is 5.07. The van der Waals surface area contributed by atoms with E-state index in [0.717, 1.165) is 24.3 Å². The monoisotopic (exact) mass is 642 g/mol. The quantitative estimate of drug-likeness (QED) is 0.114. The van der Waals surface area contributed by atoms with Gasteiger partial charge in [-0.1, -0.05) is 0 Å². The van der Waals surface area contributed by atoms with E-state index in [9.17, 15) is 66.1 Å². The van der Waals surface area contributed by atoms with E-state index >= 15 is 0 Å². The fraction of sp³-hybridized carbons (Fsp3) is 0.444. The third-order valence-electron chi connectivity index (χ3n) is 7.44. The largest absolute Gasteiger partial charge is 0.508 e. The molecule has 0 saturated carbocycles. The molecule has 0 amide bonds. The predicted molar refractivity (Wildman–Crippen MR) is 143 cm³/mol. The van der Waals surface area contributed by atoms with Crippen molar-refractivity contribution in [3.63, 3.8) is 0 Å². The molecule has 1 aromatic heterocycles. The molecule has 18 heteroatoms. The highest BCUT2D eigenvalue weighted by molar-refractivity contribution is 5.88. The second kappa shape index (κ2) is 12.4. The maximum atomic E-state index is 13.6. The van der Waals surface area contributed by atoms with Gasteiger partial charge in [-0.2, -0.15) is 0 Å². The zero-order valence-corrected chi connectivity index (χ0v) is 22.8. The first-order valence-electron chi connectivity index (χ1n) is 13.3. The van der Waals surface area contributed by atoms with Crippen LogP contribution in [0.25, 0.3) is 22.3 Å². The summed E-state index contributed by atoms with van der Waals surface area (Å²) in [5.41, 5.74) is -1.80. The van der Waals surface area contributed by atoms with Crippen molar-refractivity contribution in [1.82, 2.24) is 0 Å². The standard InChI is InChI=1S/C27H30O18/c28-5-13-17(35)19(37)21(39)26(42-13)44-24-14(6-29)43-27(22(40)20(24)38)45-25-18(36)15-9(31)3-8(30)4-12(15)41-23(25)7-1-10(32)16(34)11(33)2-7/h1-4,13-14,17,19-22,24,26-35,37-40H,5-6H2/t13-,14-,17+,19+,20-,21-,22-,24-,26+,27+/m1/s1. The van der Waals surface area contributed by atoms with Crippen molar-refractivity contribution in [3.8, 4) is 45.8 Å². The lowest BCUT2D eigenvalue weighted by Gasteiger charge is -2.45. The summed E-state index contributed by atoms with van der Waals surface area (Å²) in [6.07, 6.45) is -18.0. The summed E-state index contributed by atoms with van der Waals surface area (Å²) in [4.78, 5) is 13.6. The number of aliphatic hydroxyl groups excluding tert-OH is 7. The number of hydrogen-bond donors (Lipinski definition) is 12. The average molecular weight is 643 g/mol. The lowest BCUT2D eigenvalue weighted by Crippen LogP contribution is -2.65. The number of aliphatic hydroxyl groups is 7. The molecule has 18 nitrogen and oxygen atoms in total. The van der Waals surface area contributed by atoms with E-state index in [4.69, 9.17) is 23.4 Å². The molecule has 3 heterocycles. The van der Waals surface area contributed by atoms with E-state index in [1.54, 1.807) is 0 Å². The molecule has 0 unspecified atom stereocenters. The van der Waals surface area contributed by atoms with Gasteiger partial charge in [-0.3, -0.25) is 4.79 Å². The van der Waals surface area contributed by atoms with Gasteiger partial charge in [0.05, 0.1) is 13.2 Å². The van der Waals surface area contributed by atoms with Crippen LogP contribution in [0.15, 0.2) is 33.5 Å². The summed E-state index contributed by atoms with van der Waals surface area (Å²) >= 11 is 0. The summed E-state index contributed by atoms with van der Waals surface area (Å²) in [5.74, 6) is -5.28. The molecule has 2 aliphatic rings. The van der Waals surface area contributed by atoms with Gasteiger partial charge in [-0.05, 0) is 12.1 Å². The second-order valence-corrected chi connectivity index (χ2v) is 10.4. The van der Waals surface area contributed by atoms with Gasteiger partial charge >= 0.3 is 0 Å². The Labute approximate surface area is 250 Å². The van der Waals surface area contributed by atoms with Crippen molar-refractivity contribution in [3.05, 3.63) is 34.5 Å². The summed E-state index contributed by atoms with van der Waals surface area (Å²) in [6.45, 7) is -1.72. The molecule has 12 N–H and O–H groups in total. The molecule has 0 aliphatic carbocycles. The van der Waals surface area contributed by atoms with E-state index in [0.29, 0.717) is 0 Å². The van der Waals surface area contributed by atoms with Crippen molar-refractivity contribution < 1.29 is 84.6 Å². The van der Waals surface area contributed by atoms with Gasteiger partial charge < -0.3 is 84.6 Å². The van der Waals surface area contributed by atoms with Crippen LogP contribution in [0.3, 0.4) is 0 Å². The number of benzene rings is 2. The molecular weight excluding hydrogens is 612 g/mol. The smallest absolute Gasteiger partial charge is 0.239 e. The molecule has 2 saturated heterocycles. The molecule has 246 valence electrons. The molecule has 0 bridgehead atoms. The fourth-order valence-electron chi connectivity index (χ4n) is 5.07. The molecule has 2 aliphatic heterocycles. The maximum Gasteiger partial charge on any atom is 0.239 e. The van der Waals surface area contributed by atoms with Crippen LogP contribution in [-0.2, 0) is 14.2 Å². The van der Waals surface area contributed by atoms with E-state index < -0.39 is 131 Å². The van der Waals surface area contributed by atoms with Crippen LogP contribution < -0.4 is 10.2 Å². The first kappa shape index (κ1) is 32.4. The van der Waals surface area contributed by atoms with Crippen molar-refractivity contribution >= 4 is 11.0 Å². The number of ether oxygens (including phenoxy) is 4. The molecule has 0 radical (unpaired) electrons. The Balaban J connectivity index is 1.51. The lowest BCUT2D eigenvalue weighted by molar-refractivity contribution is -0.352. The zero-order chi connectivity index (χ0) is 32.9. The highest BCUT2D eigenvalue weighted by Crippen LogP contribution is 2.43. The Morgan fingerprint density at radius 3 is 1.91 bits per heavy atom. The number of hydrogen-bond acceptors (Lipinski definition) is 18. The molecule has 2 aromatic carbocycles. The van der Waals surface area contributed by atoms with E-state index in [1.807, 2.05) is 0 Å². The minimum Gasteiger partial charge on any atom is -0.508 e. The van der Waals surface area contributed by atoms with Crippen LogP contribution in [-0.4, -0.2) is 136 Å². The van der Waals surface area contributed by atoms with Gasteiger partial charge in [0.2, 0.25) is 17.5 Å². The Hall–Kier alpha value is -3.95. The zero-order valence-electron chi connectivity index (χ0n) is 22.8. The number of aromatic hydroxyl groups is 5. The second-order valence-electron chi connectivity index (χ2n) is 10.4. The highest BCUT2D eigenvalue weighted by Gasteiger charge is 2.51. The number of rotatable bonds is 7. The van der Waals surface area contributed by atoms with Crippen molar-refractivity contribution in [2.24, 2.45) is 0 Å². The van der Waals surface area contributed by atoms with Gasteiger partial charge in [0.1, 0.15) is 71.3 Å². The molecule has 0 spiro atoms. The van der Waals surface area contributed by atoms with Crippen LogP contribution in [0.4, 0.5) is 0 Å². The summed E-state index contributed by atoms with van der Waals surface area (Å²) in [6, 6.07) is 3.51. The minimum absolute atomic E-state index is 0.284.